The zero-order valence-corrected chi connectivity index (χ0v) is 22.0. The summed E-state index contributed by atoms with van der Waals surface area (Å²) in [7, 11) is 0. The van der Waals surface area contributed by atoms with E-state index in [0.29, 0.717) is 54.3 Å². The number of nitrogens with zero attached hydrogens (tertiary/aromatic N) is 3. The van der Waals surface area contributed by atoms with Gasteiger partial charge in [0.2, 0.25) is 5.88 Å². The van der Waals surface area contributed by atoms with Crippen molar-refractivity contribution in [1.82, 2.24) is 14.9 Å². The number of amides is 1. The molecule has 202 valence electrons. The number of hydrogen-bond acceptors (Lipinski definition) is 6. The van der Waals surface area contributed by atoms with E-state index in [1.54, 1.807) is 35.4 Å². The number of ketones is 2. The number of aromatic nitrogens is 2. The van der Waals surface area contributed by atoms with Gasteiger partial charge in [0.25, 0.3) is 5.91 Å². The first-order chi connectivity index (χ1) is 19.4. The van der Waals surface area contributed by atoms with Gasteiger partial charge in [-0.25, -0.2) is 9.37 Å². The summed E-state index contributed by atoms with van der Waals surface area (Å²) in [5, 5.41) is 0. The SMILES string of the molecule is Cc1ccc(C(=O)C2CCN(C(=O)c3ccc(C(=O)Cc4ccc(Oc5ccc(F)cc5)nc4)cn3)CC2)cc1. The number of benzene rings is 2. The number of carbonyl (C=O) groups excluding carboxylic acids is 3. The van der Waals surface area contributed by atoms with Gasteiger partial charge in [0.1, 0.15) is 17.3 Å². The minimum atomic E-state index is -0.354. The molecule has 0 radical (unpaired) electrons. The fourth-order valence-electron chi connectivity index (χ4n) is 4.63. The number of rotatable bonds is 8. The molecule has 1 saturated heterocycles. The largest absolute Gasteiger partial charge is 0.439 e. The summed E-state index contributed by atoms with van der Waals surface area (Å²) in [4.78, 5) is 48.8. The zero-order chi connectivity index (χ0) is 28.1. The van der Waals surface area contributed by atoms with Crippen LogP contribution in [0.1, 0.15) is 55.2 Å². The van der Waals surface area contributed by atoms with Crippen LogP contribution >= 0.6 is 0 Å². The van der Waals surface area contributed by atoms with Crippen molar-refractivity contribution in [2.24, 2.45) is 5.92 Å². The first-order valence-electron chi connectivity index (χ1n) is 13.1. The quantitative estimate of drug-likeness (QED) is 0.261. The average molecular weight is 538 g/mol. The van der Waals surface area contributed by atoms with Crippen molar-refractivity contribution in [3.63, 3.8) is 0 Å². The van der Waals surface area contributed by atoms with Crippen molar-refractivity contribution in [2.75, 3.05) is 13.1 Å². The van der Waals surface area contributed by atoms with E-state index in [1.165, 1.54) is 30.5 Å². The van der Waals surface area contributed by atoms with Crippen LogP contribution in [0.25, 0.3) is 0 Å². The van der Waals surface area contributed by atoms with Crippen LogP contribution in [0.2, 0.25) is 0 Å². The Morgan fingerprint density at radius 2 is 1.55 bits per heavy atom. The van der Waals surface area contributed by atoms with Gasteiger partial charge in [0, 0.05) is 55.0 Å². The lowest BCUT2D eigenvalue weighted by molar-refractivity contribution is 0.0645. The van der Waals surface area contributed by atoms with Crippen LogP contribution in [-0.2, 0) is 6.42 Å². The highest BCUT2D eigenvalue weighted by molar-refractivity contribution is 5.99. The summed E-state index contributed by atoms with van der Waals surface area (Å²) in [5.74, 6) is 0.0931. The minimum absolute atomic E-state index is 0.0993. The maximum Gasteiger partial charge on any atom is 0.272 e. The number of Topliss-reactive ketones (excluding diaryl/α,β-unsaturated/α-hetero) is 2. The highest BCUT2D eigenvalue weighted by Crippen LogP contribution is 2.24. The van der Waals surface area contributed by atoms with Gasteiger partial charge in [-0.05, 0) is 61.7 Å². The zero-order valence-electron chi connectivity index (χ0n) is 22.0. The Morgan fingerprint density at radius 1 is 0.850 bits per heavy atom. The lowest BCUT2D eigenvalue weighted by Gasteiger charge is -2.31. The molecule has 3 heterocycles. The van der Waals surface area contributed by atoms with E-state index in [1.807, 2.05) is 31.2 Å². The molecular formula is C32H28FN3O4. The van der Waals surface area contributed by atoms with E-state index in [-0.39, 0.29) is 41.3 Å². The lowest BCUT2D eigenvalue weighted by Crippen LogP contribution is -2.40. The van der Waals surface area contributed by atoms with Gasteiger partial charge in [-0.1, -0.05) is 35.9 Å². The normalized spacial score (nSPS) is 13.6. The number of halogens is 1. The molecule has 1 amide bonds. The molecule has 2 aromatic heterocycles. The summed E-state index contributed by atoms with van der Waals surface area (Å²) in [6.45, 7) is 2.95. The number of carbonyl (C=O) groups is 3. The van der Waals surface area contributed by atoms with E-state index in [0.717, 1.165) is 5.56 Å². The van der Waals surface area contributed by atoms with Crippen LogP contribution in [0.15, 0.2) is 85.2 Å². The van der Waals surface area contributed by atoms with Crippen LogP contribution in [0.4, 0.5) is 4.39 Å². The van der Waals surface area contributed by atoms with Crippen molar-refractivity contribution in [2.45, 2.75) is 26.2 Å². The van der Waals surface area contributed by atoms with E-state index in [9.17, 15) is 18.8 Å². The predicted octanol–water partition coefficient (Wildman–Crippen LogP) is 5.88. The van der Waals surface area contributed by atoms with Gasteiger partial charge in [-0.15, -0.1) is 0 Å². The third kappa shape index (κ3) is 6.46. The van der Waals surface area contributed by atoms with Crippen LogP contribution in [-0.4, -0.2) is 45.4 Å². The molecule has 8 heteroatoms. The summed E-state index contributed by atoms with van der Waals surface area (Å²) in [6, 6.07) is 19.8. The average Bonchev–Trinajstić information content (AvgIpc) is 2.99. The Bertz CT molecular complexity index is 1490. The van der Waals surface area contributed by atoms with Crippen LogP contribution in [0.3, 0.4) is 0 Å². The molecule has 0 saturated carbocycles. The first-order valence-corrected chi connectivity index (χ1v) is 13.1. The molecule has 7 nitrogen and oxygen atoms in total. The first kappa shape index (κ1) is 26.9. The van der Waals surface area contributed by atoms with Gasteiger partial charge in [0.15, 0.2) is 11.6 Å². The highest BCUT2D eigenvalue weighted by Gasteiger charge is 2.29. The van der Waals surface area contributed by atoms with Gasteiger partial charge < -0.3 is 9.64 Å². The fourth-order valence-corrected chi connectivity index (χ4v) is 4.63. The molecular weight excluding hydrogens is 509 g/mol. The second kappa shape index (κ2) is 12.0. The number of aryl methyl sites for hydroxylation is 1. The molecule has 0 N–H and O–H groups in total. The van der Waals surface area contributed by atoms with Crippen molar-refractivity contribution >= 4 is 17.5 Å². The Hall–Kier alpha value is -4.72. The van der Waals surface area contributed by atoms with Gasteiger partial charge in [-0.2, -0.15) is 0 Å². The maximum atomic E-state index is 13.0. The Labute approximate surface area is 231 Å². The summed E-state index contributed by atoms with van der Waals surface area (Å²) in [5.41, 5.74) is 3.18. The Kier molecular flexibility index (Phi) is 8.05. The third-order valence-corrected chi connectivity index (χ3v) is 6.99. The minimum Gasteiger partial charge on any atom is -0.439 e. The Balaban J connectivity index is 1.13. The molecule has 4 aromatic rings. The number of ether oxygens (including phenoxy) is 1. The molecule has 40 heavy (non-hydrogen) atoms. The van der Waals surface area contributed by atoms with E-state index >= 15 is 0 Å². The molecule has 1 aliphatic heterocycles. The highest BCUT2D eigenvalue weighted by atomic mass is 19.1. The molecule has 0 spiro atoms. The number of pyridine rings is 2. The summed E-state index contributed by atoms with van der Waals surface area (Å²) in [6.07, 6.45) is 4.30. The summed E-state index contributed by atoms with van der Waals surface area (Å²) < 4.78 is 18.6. The molecule has 1 aliphatic rings. The van der Waals surface area contributed by atoms with Crippen molar-refractivity contribution in [3.05, 3.63) is 119 Å². The number of piperidine rings is 1. The van der Waals surface area contributed by atoms with E-state index in [4.69, 9.17) is 4.74 Å². The second-order valence-corrected chi connectivity index (χ2v) is 9.89. The predicted molar refractivity (Wildman–Crippen MR) is 147 cm³/mol. The van der Waals surface area contributed by atoms with Crippen molar-refractivity contribution in [3.8, 4) is 11.6 Å². The standard InChI is InChI=1S/C32H28FN3O4/c1-21-2-5-23(6-3-21)31(38)24-14-16-36(17-15-24)32(39)28-12-7-25(20-34-28)29(37)18-22-4-13-30(35-19-22)40-27-10-8-26(33)9-11-27/h2-13,19-20,24H,14-18H2,1H3. The summed E-state index contributed by atoms with van der Waals surface area (Å²) >= 11 is 0. The molecule has 0 bridgehead atoms. The lowest BCUT2D eigenvalue weighted by atomic mass is 9.88. The van der Waals surface area contributed by atoms with Crippen molar-refractivity contribution < 1.29 is 23.5 Å². The molecule has 0 atom stereocenters. The van der Waals surface area contributed by atoms with Gasteiger partial charge in [0.05, 0.1) is 0 Å². The van der Waals surface area contributed by atoms with Crippen LogP contribution in [0.5, 0.6) is 11.6 Å². The molecule has 5 rings (SSSR count). The Morgan fingerprint density at radius 3 is 2.17 bits per heavy atom. The van der Waals surface area contributed by atoms with Gasteiger partial charge in [-0.3, -0.25) is 19.4 Å². The molecule has 0 aliphatic carbocycles. The number of likely N-dealkylation sites (tertiary alicyclic amines) is 1. The smallest absolute Gasteiger partial charge is 0.272 e. The van der Waals surface area contributed by atoms with E-state index < -0.39 is 0 Å². The topological polar surface area (TPSA) is 89.5 Å². The number of hydrogen-bond donors (Lipinski definition) is 0. The van der Waals surface area contributed by atoms with Crippen LogP contribution < -0.4 is 4.74 Å². The molecule has 1 fully saturated rings. The van der Waals surface area contributed by atoms with Crippen molar-refractivity contribution in [1.29, 1.82) is 0 Å². The fraction of sp³-hybridized carbons (Fsp3) is 0.219. The molecule has 0 unspecified atom stereocenters. The van der Waals surface area contributed by atoms with E-state index in [2.05, 4.69) is 9.97 Å². The third-order valence-electron chi connectivity index (χ3n) is 6.99. The monoisotopic (exact) mass is 537 g/mol. The van der Waals surface area contributed by atoms with Crippen LogP contribution in [0, 0.1) is 18.7 Å². The maximum absolute atomic E-state index is 13.0. The second-order valence-electron chi connectivity index (χ2n) is 9.89. The molecule has 2 aromatic carbocycles. The van der Waals surface area contributed by atoms with Gasteiger partial charge >= 0.3 is 0 Å².